The molecule has 0 radical (unpaired) electrons. The average molecular weight is 234 g/mol. The van der Waals surface area contributed by atoms with Crippen LogP contribution in [0.25, 0.3) is 0 Å². The number of nitrogens with one attached hydrogen (secondary N) is 1. The summed E-state index contributed by atoms with van der Waals surface area (Å²) in [4.78, 5) is 15.9. The highest BCUT2D eigenvalue weighted by atomic mass is 16.5. The molecule has 4 nitrogen and oxygen atoms in total. The van der Waals surface area contributed by atoms with Gasteiger partial charge in [-0.1, -0.05) is 12.8 Å². The van der Waals surface area contributed by atoms with Gasteiger partial charge in [-0.25, -0.2) is 9.78 Å². The van der Waals surface area contributed by atoms with Crippen molar-refractivity contribution in [2.75, 3.05) is 12.4 Å². The zero-order chi connectivity index (χ0) is 12.3. The summed E-state index contributed by atoms with van der Waals surface area (Å²) in [6, 6.07) is 3.48. The van der Waals surface area contributed by atoms with Gasteiger partial charge in [0.25, 0.3) is 0 Å². The average Bonchev–Trinajstić information content (AvgIpc) is 2.75. The van der Waals surface area contributed by atoms with Crippen molar-refractivity contribution in [3.8, 4) is 0 Å². The molecule has 1 aromatic heterocycles. The molecular weight excluding hydrogens is 216 g/mol. The van der Waals surface area contributed by atoms with Gasteiger partial charge in [0, 0.05) is 11.7 Å². The number of rotatable bonds is 3. The van der Waals surface area contributed by atoms with Crippen molar-refractivity contribution in [2.24, 2.45) is 0 Å². The van der Waals surface area contributed by atoms with Crippen molar-refractivity contribution in [3.63, 3.8) is 0 Å². The first-order valence-electron chi connectivity index (χ1n) is 5.96. The molecule has 0 unspecified atom stereocenters. The molecule has 1 fully saturated rings. The first-order valence-corrected chi connectivity index (χ1v) is 5.96. The Bertz CT molecular complexity index is 412. The molecule has 0 amide bonds. The summed E-state index contributed by atoms with van der Waals surface area (Å²) in [6.07, 6.45) is 6.37. The minimum Gasteiger partial charge on any atom is -0.465 e. The molecule has 1 aromatic rings. The maximum Gasteiger partial charge on any atom is 0.341 e. The molecular formula is C13H18N2O2. The van der Waals surface area contributed by atoms with Crippen LogP contribution in [0.4, 0.5) is 5.82 Å². The number of aromatic nitrogens is 1. The van der Waals surface area contributed by atoms with Crippen LogP contribution in [0.1, 0.15) is 43.0 Å². The fraction of sp³-hybridized carbons (Fsp3) is 0.538. The van der Waals surface area contributed by atoms with Gasteiger partial charge in [0.1, 0.15) is 11.4 Å². The van der Waals surface area contributed by atoms with Crippen molar-refractivity contribution in [1.82, 2.24) is 4.98 Å². The Labute approximate surface area is 101 Å². The van der Waals surface area contributed by atoms with Crippen LogP contribution in [0, 0.1) is 0 Å². The topological polar surface area (TPSA) is 51.2 Å². The number of pyridine rings is 1. The number of anilines is 1. The number of hydrogen-bond donors (Lipinski definition) is 1. The minimum absolute atomic E-state index is 0.0527. The number of carbonyl (C=O) groups excluding carboxylic acids is 1. The number of hydrogen-bond acceptors (Lipinski definition) is 4. The van der Waals surface area contributed by atoms with Gasteiger partial charge in [-0.15, -0.1) is 0 Å². The molecule has 4 heteroatoms. The van der Waals surface area contributed by atoms with Gasteiger partial charge in [0.05, 0.1) is 7.11 Å². The molecule has 17 heavy (non-hydrogen) atoms. The number of nitrogens with zero attached hydrogens (tertiary/aromatic N) is 1. The zero-order valence-corrected chi connectivity index (χ0v) is 10.3. The zero-order valence-electron chi connectivity index (χ0n) is 10.3. The van der Waals surface area contributed by atoms with Crippen LogP contribution in [-0.2, 0) is 4.74 Å². The maximum absolute atomic E-state index is 11.6. The van der Waals surface area contributed by atoms with E-state index < -0.39 is 0 Å². The molecule has 0 aromatic carbocycles. The molecule has 92 valence electrons. The summed E-state index contributed by atoms with van der Waals surface area (Å²) in [5.41, 5.74) is 0.556. The van der Waals surface area contributed by atoms with Crippen LogP contribution in [-0.4, -0.2) is 23.6 Å². The molecule has 1 N–H and O–H groups in total. The number of esters is 1. The van der Waals surface area contributed by atoms with Crippen LogP contribution >= 0.6 is 0 Å². The second kappa shape index (κ2) is 4.73. The SMILES string of the molecule is COC(=O)c1cccnc1NC1(C)CCCC1. The predicted molar refractivity (Wildman–Crippen MR) is 66.1 cm³/mol. The standard InChI is InChI=1S/C13H18N2O2/c1-13(7-3-4-8-13)15-11-10(12(16)17-2)6-5-9-14-11/h5-6,9H,3-4,7-8H2,1-2H3,(H,14,15). The molecule has 0 spiro atoms. The van der Waals surface area contributed by atoms with Gasteiger partial charge in [-0.05, 0) is 31.9 Å². The molecule has 1 heterocycles. The van der Waals surface area contributed by atoms with E-state index in [1.807, 2.05) is 0 Å². The van der Waals surface area contributed by atoms with Crippen LogP contribution in [0.5, 0.6) is 0 Å². The lowest BCUT2D eigenvalue weighted by atomic mass is 10.0. The van der Waals surface area contributed by atoms with Crippen molar-refractivity contribution in [3.05, 3.63) is 23.9 Å². The molecule has 1 aliphatic rings. The van der Waals surface area contributed by atoms with E-state index in [4.69, 9.17) is 4.74 Å². The van der Waals surface area contributed by atoms with Gasteiger partial charge < -0.3 is 10.1 Å². The normalized spacial score (nSPS) is 17.8. The van der Waals surface area contributed by atoms with Gasteiger partial charge in [0.15, 0.2) is 0 Å². The lowest BCUT2D eigenvalue weighted by molar-refractivity contribution is 0.0601. The molecule has 0 saturated heterocycles. The van der Waals surface area contributed by atoms with Gasteiger partial charge in [0.2, 0.25) is 0 Å². The molecule has 0 atom stereocenters. The summed E-state index contributed by atoms with van der Waals surface area (Å²) in [6.45, 7) is 2.18. The highest BCUT2D eigenvalue weighted by molar-refractivity contribution is 5.94. The lowest BCUT2D eigenvalue weighted by Crippen LogP contribution is -2.32. The minimum atomic E-state index is -0.345. The van der Waals surface area contributed by atoms with Crippen molar-refractivity contribution < 1.29 is 9.53 Å². The van der Waals surface area contributed by atoms with Crippen LogP contribution in [0.2, 0.25) is 0 Å². The molecule has 1 aliphatic carbocycles. The highest BCUT2D eigenvalue weighted by Crippen LogP contribution is 2.32. The van der Waals surface area contributed by atoms with Crippen molar-refractivity contribution >= 4 is 11.8 Å². The molecule has 0 aliphatic heterocycles. The third kappa shape index (κ3) is 2.57. The highest BCUT2D eigenvalue weighted by Gasteiger charge is 2.30. The Morgan fingerprint density at radius 2 is 2.18 bits per heavy atom. The largest absolute Gasteiger partial charge is 0.465 e. The lowest BCUT2D eigenvalue weighted by Gasteiger charge is -2.26. The summed E-state index contributed by atoms with van der Waals surface area (Å²) >= 11 is 0. The Morgan fingerprint density at radius 3 is 2.82 bits per heavy atom. The van der Waals surface area contributed by atoms with E-state index in [0.29, 0.717) is 11.4 Å². The van der Waals surface area contributed by atoms with E-state index in [1.165, 1.54) is 20.0 Å². The third-order valence-corrected chi connectivity index (χ3v) is 3.34. The molecule has 0 bridgehead atoms. The van der Waals surface area contributed by atoms with E-state index in [9.17, 15) is 4.79 Å². The van der Waals surface area contributed by atoms with E-state index in [-0.39, 0.29) is 11.5 Å². The second-order valence-electron chi connectivity index (χ2n) is 4.78. The van der Waals surface area contributed by atoms with E-state index in [0.717, 1.165) is 12.8 Å². The van der Waals surface area contributed by atoms with Gasteiger partial charge >= 0.3 is 5.97 Å². The van der Waals surface area contributed by atoms with E-state index in [2.05, 4.69) is 17.2 Å². The third-order valence-electron chi connectivity index (χ3n) is 3.34. The summed E-state index contributed by atoms with van der Waals surface area (Å²) < 4.78 is 4.76. The fourth-order valence-corrected chi connectivity index (χ4v) is 2.35. The first-order chi connectivity index (χ1) is 8.14. The smallest absolute Gasteiger partial charge is 0.341 e. The Balaban J connectivity index is 2.23. The van der Waals surface area contributed by atoms with Crippen LogP contribution in [0.3, 0.4) is 0 Å². The van der Waals surface area contributed by atoms with E-state index >= 15 is 0 Å². The Kier molecular flexibility index (Phi) is 3.31. The summed E-state index contributed by atoms with van der Waals surface area (Å²) in [7, 11) is 1.39. The molecule has 1 saturated carbocycles. The maximum atomic E-state index is 11.6. The fourth-order valence-electron chi connectivity index (χ4n) is 2.35. The van der Waals surface area contributed by atoms with Crippen LogP contribution < -0.4 is 5.32 Å². The monoisotopic (exact) mass is 234 g/mol. The Morgan fingerprint density at radius 1 is 1.47 bits per heavy atom. The number of methoxy groups -OCH3 is 1. The van der Waals surface area contributed by atoms with Gasteiger partial charge in [-0.3, -0.25) is 0 Å². The first kappa shape index (κ1) is 11.9. The Hall–Kier alpha value is -1.58. The summed E-state index contributed by atoms with van der Waals surface area (Å²) in [5, 5.41) is 3.39. The number of carbonyl (C=O) groups is 1. The number of ether oxygens (including phenoxy) is 1. The van der Waals surface area contributed by atoms with Crippen LogP contribution in [0.15, 0.2) is 18.3 Å². The second-order valence-corrected chi connectivity index (χ2v) is 4.78. The predicted octanol–water partition coefficient (Wildman–Crippen LogP) is 2.61. The van der Waals surface area contributed by atoms with Gasteiger partial charge in [-0.2, -0.15) is 0 Å². The summed E-state index contributed by atoms with van der Waals surface area (Å²) in [5.74, 6) is 0.283. The molecule has 2 rings (SSSR count). The van der Waals surface area contributed by atoms with E-state index in [1.54, 1.807) is 18.3 Å². The quantitative estimate of drug-likeness (QED) is 0.817. The van der Waals surface area contributed by atoms with Crippen molar-refractivity contribution in [1.29, 1.82) is 0 Å². The van der Waals surface area contributed by atoms with Crippen molar-refractivity contribution in [2.45, 2.75) is 38.1 Å².